The quantitative estimate of drug-likeness (QED) is 0.0986. The van der Waals surface area contributed by atoms with Crippen molar-refractivity contribution in [3.05, 3.63) is 117 Å². The topological polar surface area (TPSA) is 153 Å². The van der Waals surface area contributed by atoms with Crippen molar-refractivity contribution in [1.29, 1.82) is 0 Å². The zero-order valence-corrected chi connectivity index (χ0v) is 33.2. The molecular weight excluding hydrogens is 697 g/mol. The average molecular weight is 757 g/mol. The molecule has 56 heavy (non-hydrogen) atoms. The number of carbonyl (C=O) groups excluding carboxylic acids is 1. The molecule has 0 aromatic carbocycles. The van der Waals surface area contributed by atoms with Gasteiger partial charge in [0.2, 0.25) is 5.91 Å². The number of carbonyl (C=O) groups is 1. The van der Waals surface area contributed by atoms with Gasteiger partial charge in [-0.25, -0.2) is 4.79 Å². The molecule has 3 fully saturated rings. The second-order valence-electron chi connectivity index (χ2n) is 17.9. The van der Waals surface area contributed by atoms with Gasteiger partial charge < -0.3 is 31.0 Å². The highest BCUT2D eigenvalue weighted by molar-refractivity contribution is 5.75. The first-order valence-corrected chi connectivity index (χ1v) is 21.6. The highest BCUT2D eigenvalue weighted by Gasteiger charge is 2.46. The third kappa shape index (κ3) is 6.27. The Bertz CT molecular complexity index is 2110. The maximum Gasteiger partial charge on any atom is 0.349 e. The van der Waals surface area contributed by atoms with E-state index in [2.05, 4.69) is 85.7 Å². The number of H-pyrrole nitrogens is 4. The van der Waals surface area contributed by atoms with Gasteiger partial charge in [-0.2, -0.15) is 4.98 Å². The molecule has 0 atom stereocenters. The molecule has 3 spiro atoms. The van der Waals surface area contributed by atoms with E-state index in [4.69, 9.17) is 5.73 Å². The number of hydrogen-bond donors (Lipinski definition) is 6. The summed E-state index contributed by atoms with van der Waals surface area (Å²) < 4.78 is 1.47. The first kappa shape index (κ1) is 36.9. The van der Waals surface area contributed by atoms with Gasteiger partial charge in [-0.15, -0.1) is 0 Å². The van der Waals surface area contributed by atoms with E-state index in [0.29, 0.717) is 25.9 Å². The normalized spacial score (nSPS) is 20.7. The van der Waals surface area contributed by atoms with E-state index in [-0.39, 0.29) is 33.4 Å². The Kier molecular flexibility index (Phi) is 9.65. The summed E-state index contributed by atoms with van der Waals surface area (Å²) in [7, 11) is 0. The number of anilines is 1. The van der Waals surface area contributed by atoms with Crippen molar-refractivity contribution in [2.45, 2.75) is 151 Å². The molecule has 5 aromatic heterocycles. The summed E-state index contributed by atoms with van der Waals surface area (Å²) in [6.45, 7) is 3.06. The number of hydrogen-bond acceptors (Lipinski definition) is 4. The molecule has 6 heterocycles. The summed E-state index contributed by atoms with van der Waals surface area (Å²) in [5, 5.41) is 3.02. The first-order valence-electron chi connectivity index (χ1n) is 21.6. The predicted molar refractivity (Wildman–Crippen MR) is 221 cm³/mol. The van der Waals surface area contributed by atoms with E-state index in [1.54, 1.807) is 12.3 Å². The van der Waals surface area contributed by atoms with Crippen LogP contribution in [0.25, 0.3) is 0 Å². The van der Waals surface area contributed by atoms with Crippen molar-refractivity contribution < 1.29 is 4.79 Å². The van der Waals surface area contributed by atoms with Crippen LogP contribution in [0.1, 0.15) is 168 Å². The molecule has 5 aromatic rings. The molecule has 10 heteroatoms. The van der Waals surface area contributed by atoms with Crippen LogP contribution >= 0.6 is 0 Å². The summed E-state index contributed by atoms with van der Waals surface area (Å²) in [5.41, 5.74) is 15.1. The van der Waals surface area contributed by atoms with Crippen LogP contribution in [0.3, 0.4) is 0 Å². The molecule has 3 aliphatic carbocycles. The minimum absolute atomic E-state index is 0.0132. The van der Waals surface area contributed by atoms with Crippen molar-refractivity contribution in [2.75, 3.05) is 12.3 Å². The maximum absolute atomic E-state index is 13.2. The molecule has 4 aliphatic rings. The number of aromatic amines is 4. The highest BCUT2D eigenvalue weighted by atomic mass is 16.2. The number of nitrogens with one attached hydrogen (secondary N) is 5. The Labute approximate surface area is 330 Å². The molecule has 3 saturated carbocycles. The van der Waals surface area contributed by atoms with Crippen LogP contribution in [0.2, 0.25) is 0 Å². The SMILES string of the molecule is CC1(CCCC(=O)NCCn2ccc(N)nc2=O)c2ccc([nH]2)C2(CCCCC2)c2ccc([nH]2)C2(CCCCC2)c2ccc([nH]2)C2(CCCCC2)c2ccc1[nH]2. The molecule has 1 aliphatic heterocycles. The molecule has 296 valence electrons. The minimum Gasteiger partial charge on any atom is -0.383 e. The van der Waals surface area contributed by atoms with Crippen molar-refractivity contribution in [1.82, 2.24) is 34.8 Å². The molecule has 9 rings (SSSR count). The highest BCUT2D eigenvalue weighted by Crippen LogP contribution is 2.51. The van der Waals surface area contributed by atoms with E-state index in [1.807, 2.05) is 0 Å². The van der Waals surface area contributed by atoms with Crippen LogP contribution in [-0.2, 0) is 33.0 Å². The Morgan fingerprint density at radius 1 is 0.643 bits per heavy atom. The van der Waals surface area contributed by atoms with Gasteiger partial charge in [0.1, 0.15) is 5.82 Å². The Hall–Kier alpha value is -4.73. The van der Waals surface area contributed by atoms with Crippen LogP contribution in [0.5, 0.6) is 0 Å². The fraction of sp³-hybridized carbons (Fsp3) is 0.543. The average Bonchev–Trinajstić information content (AvgIpc) is 4.07. The van der Waals surface area contributed by atoms with Gasteiger partial charge in [0.15, 0.2) is 0 Å². The molecule has 0 unspecified atom stereocenters. The standard InChI is InChI=1S/C46H60N8O2/c1-43(22-11-12-41(55)48-29-31-54-30-21-40(47)53-42(54)56)32-13-15-34(49-32)44(23-5-2-6-24-44)36-17-19-38(51-36)46(27-9-4-10-28-46)39-20-18-37(52-39)45(25-7-3-8-26-45)35-16-14-33(43)50-35/h13-21,30,49-52H,2-12,22-29,31H2,1H3,(H,48,55)(H2,47,53,56). The Morgan fingerprint density at radius 2 is 1.04 bits per heavy atom. The second kappa shape index (κ2) is 14.6. The number of aromatic nitrogens is 6. The number of amides is 1. The van der Waals surface area contributed by atoms with Crippen molar-refractivity contribution >= 4 is 11.7 Å². The van der Waals surface area contributed by atoms with E-state index in [9.17, 15) is 9.59 Å². The molecule has 1 amide bonds. The fourth-order valence-corrected chi connectivity index (χ4v) is 11.4. The van der Waals surface area contributed by atoms with E-state index in [1.165, 1.54) is 121 Å². The summed E-state index contributed by atoms with van der Waals surface area (Å²) in [4.78, 5) is 45.7. The largest absolute Gasteiger partial charge is 0.383 e. The first-order chi connectivity index (χ1) is 27.2. The number of rotatable bonds is 7. The van der Waals surface area contributed by atoms with E-state index < -0.39 is 5.69 Å². The van der Waals surface area contributed by atoms with Gasteiger partial charge in [0.05, 0.1) is 16.2 Å². The zero-order valence-electron chi connectivity index (χ0n) is 33.2. The van der Waals surface area contributed by atoms with Gasteiger partial charge in [0, 0.05) is 76.7 Å². The second-order valence-corrected chi connectivity index (χ2v) is 17.9. The van der Waals surface area contributed by atoms with Crippen molar-refractivity contribution in [2.24, 2.45) is 0 Å². The lowest BCUT2D eigenvalue weighted by Crippen LogP contribution is -2.35. The summed E-state index contributed by atoms with van der Waals surface area (Å²) in [6.07, 6.45) is 21.6. The van der Waals surface area contributed by atoms with Gasteiger partial charge in [-0.1, -0.05) is 57.8 Å². The van der Waals surface area contributed by atoms with Gasteiger partial charge in [-0.05, 0) is 113 Å². The number of nitrogens with two attached hydrogens (primary N) is 1. The predicted octanol–water partition coefficient (Wildman–Crippen LogP) is 8.49. The Balaban J connectivity index is 1.09. The summed E-state index contributed by atoms with van der Waals surface area (Å²) in [5.74, 6) is 0.184. The molecular formula is C46H60N8O2. The van der Waals surface area contributed by atoms with Crippen LogP contribution in [-0.4, -0.2) is 41.9 Å². The Morgan fingerprint density at radius 3 is 1.45 bits per heavy atom. The van der Waals surface area contributed by atoms with Crippen molar-refractivity contribution in [3.63, 3.8) is 0 Å². The number of nitrogen functional groups attached to an aromatic ring is 1. The van der Waals surface area contributed by atoms with Gasteiger partial charge in [0.25, 0.3) is 0 Å². The van der Waals surface area contributed by atoms with Crippen LogP contribution in [0.4, 0.5) is 5.82 Å². The third-order valence-electron chi connectivity index (χ3n) is 14.8. The monoisotopic (exact) mass is 756 g/mol. The lowest BCUT2D eigenvalue weighted by molar-refractivity contribution is -0.121. The fourth-order valence-electron chi connectivity index (χ4n) is 11.4. The smallest absolute Gasteiger partial charge is 0.349 e. The number of fused-ring (bicyclic) bond motifs is 14. The molecule has 0 saturated heterocycles. The van der Waals surface area contributed by atoms with E-state index in [0.717, 1.165) is 32.1 Å². The van der Waals surface area contributed by atoms with Crippen molar-refractivity contribution in [3.8, 4) is 0 Å². The molecule has 10 nitrogen and oxygen atoms in total. The molecule has 7 N–H and O–H groups in total. The van der Waals surface area contributed by atoms with Crippen LogP contribution < -0.4 is 16.7 Å². The minimum atomic E-state index is -0.408. The number of nitrogens with zero attached hydrogens (tertiary/aromatic N) is 2. The molecule has 8 bridgehead atoms. The summed E-state index contributed by atoms with van der Waals surface area (Å²) in [6, 6.07) is 20.7. The third-order valence-corrected chi connectivity index (χ3v) is 14.8. The maximum atomic E-state index is 13.2. The lowest BCUT2D eigenvalue weighted by Gasteiger charge is -2.39. The van der Waals surface area contributed by atoms with Crippen LogP contribution in [0.15, 0.2) is 65.6 Å². The molecule has 0 radical (unpaired) electrons. The van der Waals surface area contributed by atoms with Gasteiger partial charge in [-0.3, -0.25) is 9.36 Å². The van der Waals surface area contributed by atoms with Crippen LogP contribution in [0, 0.1) is 0 Å². The van der Waals surface area contributed by atoms with Gasteiger partial charge >= 0.3 is 5.69 Å². The lowest BCUT2D eigenvalue weighted by atomic mass is 9.69. The summed E-state index contributed by atoms with van der Waals surface area (Å²) >= 11 is 0. The van der Waals surface area contributed by atoms with E-state index >= 15 is 0 Å². The zero-order chi connectivity index (χ0) is 38.4.